The number of benzene rings is 1. The van der Waals surface area contributed by atoms with Crippen LogP contribution in [0.4, 0.5) is 0 Å². The van der Waals surface area contributed by atoms with Crippen molar-refractivity contribution in [3.63, 3.8) is 0 Å². The molecule has 1 fully saturated rings. The van der Waals surface area contributed by atoms with Crippen molar-refractivity contribution in [1.29, 1.82) is 0 Å². The molecular formula is C16H26N2O2. The Morgan fingerprint density at radius 3 is 2.75 bits per heavy atom. The summed E-state index contributed by atoms with van der Waals surface area (Å²) in [6, 6.07) is 6.88. The Bertz CT molecular complexity index is 423. The Morgan fingerprint density at radius 1 is 1.25 bits per heavy atom. The van der Waals surface area contributed by atoms with E-state index in [2.05, 4.69) is 17.0 Å². The first kappa shape index (κ1) is 15.1. The summed E-state index contributed by atoms with van der Waals surface area (Å²) < 4.78 is 10.7. The molecule has 1 saturated heterocycles. The van der Waals surface area contributed by atoms with Crippen molar-refractivity contribution in [2.75, 3.05) is 27.3 Å². The minimum atomic E-state index is 0.687. The Hall–Kier alpha value is -1.26. The molecule has 0 bridgehead atoms. The van der Waals surface area contributed by atoms with Crippen molar-refractivity contribution in [2.45, 2.75) is 38.3 Å². The lowest BCUT2D eigenvalue weighted by Gasteiger charge is -2.24. The number of nitrogens with zero attached hydrogens (tertiary/aromatic N) is 1. The van der Waals surface area contributed by atoms with E-state index < -0.39 is 0 Å². The largest absolute Gasteiger partial charge is 0.493 e. The number of hydrogen-bond acceptors (Lipinski definition) is 4. The van der Waals surface area contributed by atoms with Crippen LogP contribution in [0.1, 0.15) is 31.2 Å². The van der Waals surface area contributed by atoms with Crippen LogP contribution in [0.25, 0.3) is 0 Å². The van der Waals surface area contributed by atoms with Crippen LogP contribution >= 0.6 is 0 Å². The van der Waals surface area contributed by atoms with Crippen molar-refractivity contribution in [1.82, 2.24) is 4.90 Å². The van der Waals surface area contributed by atoms with Crippen LogP contribution in [-0.2, 0) is 6.54 Å². The first-order chi connectivity index (χ1) is 9.78. The molecule has 0 aliphatic carbocycles. The predicted molar refractivity (Wildman–Crippen MR) is 81.3 cm³/mol. The minimum Gasteiger partial charge on any atom is -0.493 e. The quantitative estimate of drug-likeness (QED) is 0.832. The molecule has 1 unspecified atom stereocenters. The van der Waals surface area contributed by atoms with Crippen molar-refractivity contribution in [3.05, 3.63) is 23.8 Å². The maximum absolute atomic E-state index is 5.63. The average Bonchev–Trinajstić information content (AvgIpc) is 2.92. The highest BCUT2D eigenvalue weighted by Gasteiger charge is 2.24. The smallest absolute Gasteiger partial charge is 0.161 e. The van der Waals surface area contributed by atoms with Crippen LogP contribution < -0.4 is 15.2 Å². The summed E-state index contributed by atoms with van der Waals surface area (Å²) in [4.78, 5) is 2.57. The van der Waals surface area contributed by atoms with Gasteiger partial charge in [-0.1, -0.05) is 6.07 Å². The van der Waals surface area contributed by atoms with E-state index in [-0.39, 0.29) is 0 Å². The molecule has 4 heteroatoms. The van der Waals surface area contributed by atoms with Crippen LogP contribution in [0, 0.1) is 0 Å². The van der Waals surface area contributed by atoms with E-state index in [9.17, 15) is 0 Å². The van der Waals surface area contributed by atoms with E-state index in [1.165, 1.54) is 31.4 Å². The third kappa shape index (κ3) is 3.64. The van der Waals surface area contributed by atoms with Crippen LogP contribution in [-0.4, -0.2) is 38.3 Å². The van der Waals surface area contributed by atoms with E-state index in [1.807, 2.05) is 6.07 Å². The second-order valence-electron chi connectivity index (χ2n) is 5.39. The lowest BCUT2D eigenvalue weighted by molar-refractivity contribution is 0.232. The monoisotopic (exact) mass is 278 g/mol. The summed E-state index contributed by atoms with van der Waals surface area (Å²) >= 11 is 0. The molecular weight excluding hydrogens is 252 g/mol. The van der Waals surface area contributed by atoms with Gasteiger partial charge in [0.05, 0.1) is 14.2 Å². The van der Waals surface area contributed by atoms with Gasteiger partial charge in [0, 0.05) is 12.6 Å². The zero-order valence-corrected chi connectivity index (χ0v) is 12.6. The van der Waals surface area contributed by atoms with E-state index in [0.717, 1.165) is 31.0 Å². The fourth-order valence-electron chi connectivity index (χ4n) is 3.00. The summed E-state index contributed by atoms with van der Waals surface area (Å²) in [7, 11) is 3.35. The highest BCUT2D eigenvalue weighted by Crippen LogP contribution is 2.30. The average molecular weight is 278 g/mol. The number of nitrogens with two attached hydrogens (primary N) is 1. The second-order valence-corrected chi connectivity index (χ2v) is 5.39. The summed E-state index contributed by atoms with van der Waals surface area (Å²) in [5.41, 5.74) is 6.91. The third-order valence-electron chi connectivity index (χ3n) is 4.07. The Kier molecular flexibility index (Phi) is 5.68. The van der Waals surface area contributed by atoms with Gasteiger partial charge in [0.25, 0.3) is 0 Å². The van der Waals surface area contributed by atoms with Crippen molar-refractivity contribution in [2.24, 2.45) is 5.73 Å². The first-order valence-electron chi connectivity index (χ1n) is 7.43. The fraction of sp³-hybridized carbons (Fsp3) is 0.625. The van der Waals surface area contributed by atoms with Crippen LogP contribution in [0.3, 0.4) is 0 Å². The molecule has 0 spiro atoms. The van der Waals surface area contributed by atoms with E-state index in [4.69, 9.17) is 15.2 Å². The Balaban J connectivity index is 2.01. The molecule has 1 aliphatic heterocycles. The molecule has 1 aromatic carbocycles. The van der Waals surface area contributed by atoms with Crippen molar-refractivity contribution < 1.29 is 9.47 Å². The molecule has 1 aromatic rings. The van der Waals surface area contributed by atoms with E-state index >= 15 is 0 Å². The lowest BCUT2D eigenvalue weighted by atomic mass is 10.1. The van der Waals surface area contributed by atoms with Gasteiger partial charge in [0.1, 0.15) is 0 Å². The number of ether oxygens (including phenoxy) is 2. The number of methoxy groups -OCH3 is 2. The molecule has 1 atom stereocenters. The van der Waals surface area contributed by atoms with E-state index in [0.29, 0.717) is 6.04 Å². The molecule has 0 aromatic heterocycles. The zero-order chi connectivity index (χ0) is 14.4. The maximum atomic E-state index is 5.63. The fourth-order valence-corrected chi connectivity index (χ4v) is 3.00. The molecule has 20 heavy (non-hydrogen) atoms. The molecule has 0 amide bonds. The molecule has 4 nitrogen and oxygen atoms in total. The zero-order valence-electron chi connectivity index (χ0n) is 12.6. The van der Waals surface area contributed by atoms with Crippen LogP contribution in [0.5, 0.6) is 11.5 Å². The predicted octanol–water partition coefficient (Wildman–Crippen LogP) is 2.41. The SMILES string of the molecule is COc1ccc(CN2CCCC2CCCN)cc1OC. The molecule has 112 valence electrons. The molecule has 1 aliphatic rings. The van der Waals surface area contributed by atoms with Gasteiger partial charge in [-0.3, -0.25) is 4.90 Å². The first-order valence-corrected chi connectivity index (χ1v) is 7.43. The van der Waals surface area contributed by atoms with Crippen LogP contribution in [0.15, 0.2) is 18.2 Å². The molecule has 2 N–H and O–H groups in total. The van der Waals surface area contributed by atoms with Gasteiger partial charge < -0.3 is 15.2 Å². The van der Waals surface area contributed by atoms with E-state index in [1.54, 1.807) is 14.2 Å². The Labute approximate surface area is 121 Å². The Morgan fingerprint density at radius 2 is 2.05 bits per heavy atom. The molecule has 0 saturated carbocycles. The second kappa shape index (κ2) is 7.50. The van der Waals surface area contributed by atoms with Gasteiger partial charge in [-0.2, -0.15) is 0 Å². The number of rotatable bonds is 7. The van der Waals surface area contributed by atoms with Gasteiger partial charge >= 0.3 is 0 Å². The van der Waals surface area contributed by atoms with Crippen molar-refractivity contribution in [3.8, 4) is 11.5 Å². The van der Waals surface area contributed by atoms with Gasteiger partial charge in [-0.25, -0.2) is 0 Å². The number of hydrogen-bond donors (Lipinski definition) is 1. The summed E-state index contributed by atoms with van der Waals surface area (Å²) in [6.07, 6.45) is 4.92. The maximum Gasteiger partial charge on any atom is 0.161 e. The number of likely N-dealkylation sites (tertiary alicyclic amines) is 1. The molecule has 0 radical (unpaired) electrons. The van der Waals surface area contributed by atoms with Crippen LogP contribution in [0.2, 0.25) is 0 Å². The standard InChI is InChI=1S/C16H26N2O2/c1-19-15-8-7-13(11-16(15)20-2)12-18-10-4-6-14(18)5-3-9-17/h7-8,11,14H,3-6,9-10,12,17H2,1-2H3. The minimum absolute atomic E-state index is 0.687. The highest BCUT2D eigenvalue weighted by atomic mass is 16.5. The van der Waals surface area contributed by atoms with Gasteiger partial charge in [-0.05, 0) is 56.5 Å². The topological polar surface area (TPSA) is 47.7 Å². The van der Waals surface area contributed by atoms with Gasteiger partial charge in [0.2, 0.25) is 0 Å². The molecule has 2 rings (SSSR count). The normalized spacial score (nSPS) is 19.2. The molecule has 1 heterocycles. The van der Waals surface area contributed by atoms with Crippen molar-refractivity contribution >= 4 is 0 Å². The summed E-state index contributed by atoms with van der Waals surface area (Å²) in [5, 5.41) is 0. The van der Waals surface area contributed by atoms with Gasteiger partial charge in [-0.15, -0.1) is 0 Å². The lowest BCUT2D eigenvalue weighted by Crippen LogP contribution is -2.29. The highest BCUT2D eigenvalue weighted by molar-refractivity contribution is 5.42. The van der Waals surface area contributed by atoms with Gasteiger partial charge in [0.15, 0.2) is 11.5 Å². The summed E-state index contributed by atoms with van der Waals surface area (Å²) in [6.45, 7) is 2.96. The summed E-state index contributed by atoms with van der Waals surface area (Å²) in [5.74, 6) is 1.60. The third-order valence-corrected chi connectivity index (χ3v) is 4.07.